The van der Waals surface area contributed by atoms with Crippen LogP contribution < -0.4 is 17.1 Å². The molecule has 0 saturated heterocycles. The summed E-state index contributed by atoms with van der Waals surface area (Å²) >= 11 is 0. The fourth-order valence-electron chi connectivity index (χ4n) is 1.99. The van der Waals surface area contributed by atoms with E-state index in [4.69, 9.17) is 10.2 Å². The van der Waals surface area contributed by atoms with Crippen LogP contribution in [0.3, 0.4) is 0 Å². The minimum Gasteiger partial charge on any atom is -0.480 e. The molecule has 2 atom stereocenters. The number of nitrogens with zero attached hydrogens (tertiary/aromatic N) is 2. The molecule has 21 heavy (non-hydrogen) atoms. The van der Waals surface area contributed by atoms with Gasteiger partial charge in [0.05, 0.1) is 0 Å². The highest BCUT2D eigenvalue weighted by molar-refractivity contribution is 5.72. The predicted molar refractivity (Wildman–Crippen MR) is 69.5 cm³/mol. The first-order chi connectivity index (χ1) is 9.76. The largest absolute Gasteiger partial charge is 0.480 e. The molecular formula is C11H15N3O7. The van der Waals surface area contributed by atoms with E-state index < -0.39 is 41.1 Å². The Labute approximate surface area is 117 Å². The third kappa shape index (κ3) is 2.93. The molecule has 0 aliphatic carbocycles. The van der Waals surface area contributed by atoms with Crippen molar-refractivity contribution in [2.75, 3.05) is 0 Å². The molecule has 10 nitrogen and oxygen atoms in total. The van der Waals surface area contributed by atoms with Crippen molar-refractivity contribution in [3.63, 3.8) is 0 Å². The van der Waals surface area contributed by atoms with Crippen LogP contribution in [0.15, 0.2) is 14.4 Å². The Kier molecular flexibility index (Phi) is 4.84. The van der Waals surface area contributed by atoms with Crippen molar-refractivity contribution >= 4 is 11.9 Å². The summed E-state index contributed by atoms with van der Waals surface area (Å²) in [6, 6.07) is -2.97. The van der Waals surface area contributed by atoms with E-state index in [1.165, 1.54) is 13.8 Å². The molecule has 0 fully saturated rings. The van der Waals surface area contributed by atoms with Crippen LogP contribution in [0.4, 0.5) is 0 Å². The molecule has 1 aromatic heterocycles. The summed E-state index contributed by atoms with van der Waals surface area (Å²) in [4.78, 5) is 59.5. The Bertz CT molecular complexity index is 669. The standard InChI is InChI=1S/C11H15N3O7/c1-3-5(7(15)16)13-9(19)12-10(20)14(11(13)21)6(4-2)8(17)18/h5-6H,3-4H2,1-2H3,(H,15,16)(H,17,18)(H,12,19,20). The van der Waals surface area contributed by atoms with Crippen LogP contribution in [-0.2, 0) is 9.59 Å². The summed E-state index contributed by atoms with van der Waals surface area (Å²) in [7, 11) is 0. The molecule has 2 unspecified atom stereocenters. The summed E-state index contributed by atoms with van der Waals surface area (Å²) in [5, 5.41) is 18.0. The number of hydrogen-bond acceptors (Lipinski definition) is 5. The van der Waals surface area contributed by atoms with Gasteiger partial charge in [-0.05, 0) is 12.8 Å². The molecule has 1 heterocycles. The molecule has 0 aliphatic rings. The smallest absolute Gasteiger partial charge is 0.337 e. The molecule has 0 amide bonds. The first kappa shape index (κ1) is 16.4. The number of carboxylic acid groups (broad SMARTS) is 2. The maximum atomic E-state index is 12.2. The maximum Gasteiger partial charge on any atom is 0.337 e. The number of carboxylic acids is 2. The number of aliphatic carboxylic acids is 2. The fraction of sp³-hybridized carbons (Fsp3) is 0.545. The topological polar surface area (TPSA) is 151 Å². The van der Waals surface area contributed by atoms with Crippen LogP contribution in [0.25, 0.3) is 0 Å². The summed E-state index contributed by atoms with van der Waals surface area (Å²) < 4.78 is 0.685. The lowest BCUT2D eigenvalue weighted by Gasteiger charge is -2.17. The second kappa shape index (κ2) is 6.20. The van der Waals surface area contributed by atoms with E-state index in [1.54, 1.807) is 4.98 Å². The van der Waals surface area contributed by atoms with Crippen LogP contribution in [0, 0.1) is 0 Å². The van der Waals surface area contributed by atoms with Gasteiger partial charge in [0, 0.05) is 0 Å². The molecule has 10 heteroatoms. The zero-order valence-electron chi connectivity index (χ0n) is 11.4. The van der Waals surface area contributed by atoms with E-state index in [-0.39, 0.29) is 12.8 Å². The van der Waals surface area contributed by atoms with Gasteiger partial charge in [-0.15, -0.1) is 0 Å². The van der Waals surface area contributed by atoms with Crippen molar-refractivity contribution in [2.45, 2.75) is 38.8 Å². The van der Waals surface area contributed by atoms with Crippen molar-refractivity contribution in [3.8, 4) is 0 Å². The van der Waals surface area contributed by atoms with Gasteiger partial charge >= 0.3 is 29.0 Å². The van der Waals surface area contributed by atoms with Crippen molar-refractivity contribution in [1.29, 1.82) is 0 Å². The summed E-state index contributed by atoms with van der Waals surface area (Å²) in [5.74, 6) is -2.86. The van der Waals surface area contributed by atoms with Gasteiger partial charge in [-0.1, -0.05) is 13.8 Å². The van der Waals surface area contributed by atoms with Gasteiger partial charge in [-0.25, -0.2) is 33.1 Å². The normalized spacial score (nSPS) is 13.6. The molecule has 0 spiro atoms. The Morgan fingerprint density at radius 2 is 1.29 bits per heavy atom. The highest BCUT2D eigenvalue weighted by Gasteiger charge is 2.28. The first-order valence-electron chi connectivity index (χ1n) is 6.19. The van der Waals surface area contributed by atoms with Gasteiger partial charge in [-0.3, -0.25) is 4.98 Å². The van der Waals surface area contributed by atoms with E-state index in [0.717, 1.165) is 0 Å². The summed E-state index contributed by atoms with van der Waals surface area (Å²) in [6.45, 7) is 2.88. The average Bonchev–Trinajstić information content (AvgIpc) is 2.38. The second-order valence-corrected chi connectivity index (χ2v) is 4.28. The van der Waals surface area contributed by atoms with E-state index in [2.05, 4.69) is 0 Å². The zero-order valence-corrected chi connectivity index (χ0v) is 11.4. The van der Waals surface area contributed by atoms with Gasteiger partial charge in [0.25, 0.3) is 0 Å². The van der Waals surface area contributed by atoms with Gasteiger partial charge in [-0.2, -0.15) is 0 Å². The number of H-pyrrole nitrogens is 1. The van der Waals surface area contributed by atoms with E-state index >= 15 is 0 Å². The van der Waals surface area contributed by atoms with E-state index in [1.807, 2.05) is 0 Å². The van der Waals surface area contributed by atoms with E-state index in [9.17, 15) is 24.0 Å². The number of aromatic nitrogens is 3. The van der Waals surface area contributed by atoms with E-state index in [0.29, 0.717) is 9.13 Å². The van der Waals surface area contributed by atoms with Crippen LogP contribution >= 0.6 is 0 Å². The lowest BCUT2D eigenvalue weighted by molar-refractivity contribution is -0.141. The summed E-state index contributed by atoms with van der Waals surface area (Å²) in [6.07, 6.45) is -0.166. The van der Waals surface area contributed by atoms with Crippen molar-refractivity contribution in [3.05, 3.63) is 31.5 Å². The highest BCUT2D eigenvalue weighted by Crippen LogP contribution is 2.08. The molecular weight excluding hydrogens is 286 g/mol. The van der Waals surface area contributed by atoms with Crippen LogP contribution in [0.5, 0.6) is 0 Å². The Hall–Kier alpha value is -2.65. The predicted octanol–water partition coefficient (Wildman–Crippen LogP) is -1.23. The molecule has 0 aromatic carbocycles. The number of aromatic amines is 1. The van der Waals surface area contributed by atoms with Crippen LogP contribution in [0.1, 0.15) is 38.8 Å². The number of carbonyl (C=O) groups is 2. The maximum absolute atomic E-state index is 12.2. The quantitative estimate of drug-likeness (QED) is 0.594. The third-order valence-electron chi connectivity index (χ3n) is 3.03. The van der Waals surface area contributed by atoms with Crippen molar-refractivity contribution in [1.82, 2.24) is 14.1 Å². The minimum atomic E-state index is -1.49. The molecule has 116 valence electrons. The molecule has 1 aromatic rings. The molecule has 0 radical (unpaired) electrons. The molecule has 3 N–H and O–H groups in total. The van der Waals surface area contributed by atoms with Gasteiger partial charge in [0.2, 0.25) is 0 Å². The van der Waals surface area contributed by atoms with Crippen molar-refractivity contribution < 1.29 is 19.8 Å². The Morgan fingerprint density at radius 1 is 0.952 bits per heavy atom. The Balaban J connectivity index is 3.76. The van der Waals surface area contributed by atoms with Crippen LogP contribution in [0.2, 0.25) is 0 Å². The number of hydrogen-bond donors (Lipinski definition) is 3. The number of nitrogens with one attached hydrogen (secondary N) is 1. The minimum absolute atomic E-state index is 0.0829. The van der Waals surface area contributed by atoms with Gasteiger partial charge < -0.3 is 10.2 Å². The first-order valence-corrected chi connectivity index (χ1v) is 6.19. The molecule has 0 bridgehead atoms. The van der Waals surface area contributed by atoms with Gasteiger partial charge in [0.1, 0.15) is 12.1 Å². The molecule has 1 rings (SSSR count). The molecule has 0 aliphatic heterocycles. The average molecular weight is 301 g/mol. The van der Waals surface area contributed by atoms with Gasteiger partial charge in [0.15, 0.2) is 0 Å². The third-order valence-corrected chi connectivity index (χ3v) is 3.03. The Morgan fingerprint density at radius 3 is 1.52 bits per heavy atom. The molecule has 0 saturated carbocycles. The monoisotopic (exact) mass is 301 g/mol. The highest BCUT2D eigenvalue weighted by atomic mass is 16.4. The fourth-order valence-corrected chi connectivity index (χ4v) is 1.99. The SMILES string of the molecule is CCC(C(=O)O)n1c(=O)[nH]c(=O)n(C(CC)C(=O)O)c1=O. The lowest BCUT2D eigenvalue weighted by atomic mass is 10.2. The van der Waals surface area contributed by atoms with Crippen molar-refractivity contribution in [2.24, 2.45) is 0 Å². The van der Waals surface area contributed by atoms with Crippen LogP contribution in [-0.4, -0.2) is 36.3 Å². The summed E-state index contributed by atoms with van der Waals surface area (Å²) in [5.41, 5.74) is -3.63. The zero-order chi connectivity index (χ0) is 16.3. The number of rotatable bonds is 6. The lowest BCUT2D eigenvalue weighted by Crippen LogP contribution is -2.53. The second-order valence-electron chi connectivity index (χ2n) is 4.28.